The predicted molar refractivity (Wildman–Crippen MR) is 53.5 cm³/mol. The Bertz CT molecular complexity index is 398. The summed E-state index contributed by atoms with van der Waals surface area (Å²) < 4.78 is 12.8. The molecule has 0 spiro atoms. The molecule has 0 aromatic heterocycles. The maximum atomic E-state index is 12.8. The number of nitriles is 1. The van der Waals surface area contributed by atoms with Crippen molar-refractivity contribution in [2.45, 2.75) is 6.92 Å². The third-order valence-corrected chi connectivity index (χ3v) is 1.88. The Balaban J connectivity index is 2.59. The van der Waals surface area contributed by atoms with Gasteiger partial charge in [-0.15, -0.1) is 0 Å². The van der Waals surface area contributed by atoms with Gasteiger partial charge in [-0.2, -0.15) is 5.26 Å². The van der Waals surface area contributed by atoms with E-state index in [1.807, 2.05) is 6.07 Å². The highest BCUT2D eigenvalue weighted by Gasteiger charge is 2.07. The van der Waals surface area contributed by atoms with Crippen molar-refractivity contribution in [3.05, 3.63) is 35.6 Å². The Morgan fingerprint density at radius 1 is 1.67 bits per heavy atom. The number of carbonyl (C=O) groups is 1. The molecule has 0 aliphatic carbocycles. The summed E-state index contributed by atoms with van der Waals surface area (Å²) in [6, 6.07) is 7.42. The Hall–Kier alpha value is -1.89. The highest BCUT2D eigenvalue weighted by molar-refractivity contribution is 5.94. The van der Waals surface area contributed by atoms with E-state index in [9.17, 15) is 9.18 Å². The van der Waals surface area contributed by atoms with Crippen molar-refractivity contribution in [3.8, 4) is 6.07 Å². The topological polar surface area (TPSA) is 52.9 Å². The van der Waals surface area contributed by atoms with Gasteiger partial charge < -0.3 is 5.32 Å². The van der Waals surface area contributed by atoms with Crippen LogP contribution in [0.3, 0.4) is 0 Å². The smallest absolute Gasteiger partial charge is 0.251 e. The monoisotopic (exact) mass is 206 g/mol. The number of carbonyl (C=O) groups excluding carboxylic acids is 1. The van der Waals surface area contributed by atoms with E-state index in [0.717, 1.165) is 6.07 Å². The first-order valence-corrected chi connectivity index (χ1v) is 4.57. The maximum absolute atomic E-state index is 12.8. The minimum absolute atomic E-state index is 0.248. The van der Waals surface area contributed by atoms with Crippen LogP contribution in [0.25, 0.3) is 0 Å². The number of amides is 1. The van der Waals surface area contributed by atoms with E-state index in [0.29, 0.717) is 0 Å². The van der Waals surface area contributed by atoms with Gasteiger partial charge in [0, 0.05) is 12.1 Å². The molecule has 78 valence electrons. The van der Waals surface area contributed by atoms with Gasteiger partial charge >= 0.3 is 0 Å². The van der Waals surface area contributed by atoms with Gasteiger partial charge in [-0.05, 0) is 25.1 Å². The second kappa shape index (κ2) is 5.11. The average molecular weight is 206 g/mol. The van der Waals surface area contributed by atoms with Crippen LogP contribution in [0.2, 0.25) is 0 Å². The van der Waals surface area contributed by atoms with Crippen LogP contribution in [0.1, 0.15) is 17.3 Å². The van der Waals surface area contributed by atoms with Crippen molar-refractivity contribution >= 4 is 5.91 Å². The molecule has 1 rings (SSSR count). The van der Waals surface area contributed by atoms with E-state index < -0.39 is 5.82 Å². The van der Waals surface area contributed by atoms with Crippen molar-refractivity contribution in [2.75, 3.05) is 6.54 Å². The summed E-state index contributed by atoms with van der Waals surface area (Å²) in [4.78, 5) is 11.4. The first kappa shape index (κ1) is 11.2. The molecule has 1 aromatic rings. The van der Waals surface area contributed by atoms with E-state index in [1.54, 1.807) is 6.92 Å². The fourth-order valence-corrected chi connectivity index (χ4v) is 1.02. The number of hydrogen-bond donors (Lipinski definition) is 1. The number of nitrogens with one attached hydrogen (secondary N) is 1. The summed E-state index contributed by atoms with van der Waals surface area (Å²) in [5.74, 6) is -1.06. The zero-order valence-corrected chi connectivity index (χ0v) is 8.33. The Labute approximate surface area is 87.5 Å². The van der Waals surface area contributed by atoms with E-state index >= 15 is 0 Å². The summed E-state index contributed by atoms with van der Waals surface area (Å²) in [5.41, 5.74) is 0.264. The first-order valence-electron chi connectivity index (χ1n) is 4.57. The molecule has 1 aromatic carbocycles. The van der Waals surface area contributed by atoms with Crippen LogP contribution in [-0.2, 0) is 0 Å². The highest BCUT2D eigenvalue weighted by Crippen LogP contribution is 2.03. The number of nitrogens with zero attached hydrogens (tertiary/aromatic N) is 1. The molecule has 1 amide bonds. The molecule has 0 fully saturated rings. The van der Waals surface area contributed by atoms with Crippen LogP contribution in [0.4, 0.5) is 4.39 Å². The molecule has 1 N–H and O–H groups in total. The second-order valence-corrected chi connectivity index (χ2v) is 3.25. The number of hydrogen-bond acceptors (Lipinski definition) is 2. The van der Waals surface area contributed by atoms with Crippen molar-refractivity contribution in [1.82, 2.24) is 5.32 Å². The lowest BCUT2D eigenvalue weighted by molar-refractivity contribution is 0.0950. The fraction of sp³-hybridized carbons (Fsp3) is 0.273. The van der Waals surface area contributed by atoms with Gasteiger partial charge in [-0.1, -0.05) is 6.07 Å². The minimum Gasteiger partial charge on any atom is -0.351 e. The molecule has 0 bridgehead atoms. The minimum atomic E-state index is -0.448. The average Bonchev–Trinajstić information content (AvgIpc) is 2.25. The fourth-order valence-electron chi connectivity index (χ4n) is 1.02. The van der Waals surface area contributed by atoms with Gasteiger partial charge in [0.15, 0.2) is 0 Å². The zero-order chi connectivity index (χ0) is 11.3. The predicted octanol–water partition coefficient (Wildman–Crippen LogP) is 1.72. The van der Waals surface area contributed by atoms with Gasteiger partial charge in [-0.25, -0.2) is 4.39 Å². The van der Waals surface area contributed by atoms with Gasteiger partial charge in [0.1, 0.15) is 5.82 Å². The van der Waals surface area contributed by atoms with Crippen molar-refractivity contribution in [2.24, 2.45) is 5.92 Å². The Morgan fingerprint density at radius 2 is 2.40 bits per heavy atom. The molecule has 0 saturated heterocycles. The molecule has 0 saturated carbocycles. The molecule has 0 aliphatic rings. The van der Waals surface area contributed by atoms with Gasteiger partial charge in [-0.3, -0.25) is 4.79 Å². The van der Waals surface area contributed by atoms with Crippen LogP contribution in [0, 0.1) is 23.1 Å². The standard InChI is InChI=1S/C11H11FN2O/c1-8(6-13)7-14-11(15)9-3-2-4-10(12)5-9/h2-5,8H,7H2,1H3,(H,14,15). The summed E-state index contributed by atoms with van der Waals surface area (Å²) in [7, 11) is 0. The Morgan fingerprint density at radius 3 is 3.00 bits per heavy atom. The second-order valence-electron chi connectivity index (χ2n) is 3.25. The largest absolute Gasteiger partial charge is 0.351 e. The van der Waals surface area contributed by atoms with E-state index in [1.165, 1.54) is 18.2 Å². The molecular formula is C11H11FN2O. The maximum Gasteiger partial charge on any atom is 0.251 e. The summed E-state index contributed by atoms with van der Waals surface area (Å²) in [6.45, 7) is 1.97. The summed E-state index contributed by atoms with van der Waals surface area (Å²) in [5, 5.41) is 11.0. The third kappa shape index (κ3) is 3.39. The number of halogens is 1. The quantitative estimate of drug-likeness (QED) is 0.818. The van der Waals surface area contributed by atoms with Crippen LogP contribution < -0.4 is 5.32 Å². The van der Waals surface area contributed by atoms with Gasteiger partial charge in [0.25, 0.3) is 5.91 Å². The van der Waals surface area contributed by atoms with Gasteiger partial charge in [0.2, 0.25) is 0 Å². The molecule has 1 atom stereocenters. The van der Waals surface area contributed by atoms with Crippen LogP contribution >= 0.6 is 0 Å². The molecule has 15 heavy (non-hydrogen) atoms. The zero-order valence-electron chi connectivity index (χ0n) is 8.33. The molecule has 0 radical (unpaired) electrons. The lowest BCUT2D eigenvalue weighted by atomic mass is 10.2. The summed E-state index contributed by atoms with van der Waals surface area (Å²) >= 11 is 0. The molecule has 1 unspecified atom stereocenters. The van der Waals surface area contributed by atoms with Crippen LogP contribution in [0.15, 0.2) is 24.3 Å². The van der Waals surface area contributed by atoms with Crippen molar-refractivity contribution < 1.29 is 9.18 Å². The van der Waals surface area contributed by atoms with Crippen molar-refractivity contribution in [3.63, 3.8) is 0 Å². The molecule has 3 nitrogen and oxygen atoms in total. The first-order chi connectivity index (χ1) is 7.13. The highest BCUT2D eigenvalue weighted by atomic mass is 19.1. The molecule has 0 aliphatic heterocycles. The molecule has 4 heteroatoms. The number of rotatable bonds is 3. The van der Waals surface area contributed by atoms with E-state index in [-0.39, 0.29) is 23.9 Å². The van der Waals surface area contributed by atoms with E-state index in [2.05, 4.69) is 5.32 Å². The number of benzene rings is 1. The SMILES string of the molecule is CC(C#N)CNC(=O)c1cccc(F)c1. The Kier molecular flexibility index (Phi) is 3.81. The summed E-state index contributed by atoms with van der Waals surface area (Å²) in [6.07, 6.45) is 0. The lowest BCUT2D eigenvalue weighted by Crippen LogP contribution is -2.27. The van der Waals surface area contributed by atoms with Gasteiger partial charge in [0.05, 0.1) is 12.0 Å². The van der Waals surface area contributed by atoms with E-state index in [4.69, 9.17) is 5.26 Å². The third-order valence-electron chi connectivity index (χ3n) is 1.88. The lowest BCUT2D eigenvalue weighted by Gasteiger charge is -2.05. The normalized spacial score (nSPS) is 11.5. The molecular weight excluding hydrogens is 195 g/mol. The molecule has 0 heterocycles. The van der Waals surface area contributed by atoms with Crippen molar-refractivity contribution in [1.29, 1.82) is 5.26 Å². The van der Waals surface area contributed by atoms with Crippen LogP contribution in [0.5, 0.6) is 0 Å². The van der Waals surface area contributed by atoms with Crippen LogP contribution in [-0.4, -0.2) is 12.5 Å².